The molecule has 0 bridgehead atoms. The largest absolute Gasteiger partial charge is 0.493 e. The third-order valence-corrected chi connectivity index (χ3v) is 3.68. The lowest BCUT2D eigenvalue weighted by Crippen LogP contribution is -2.23. The molecule has 2 aromatic rings. The average molecular weight is 365 g/mol. The van der Waals surface area contributed by atoms with E-state index in [0.29, 0.717) is 41.1 Å². The van der Waals surface area contributed by atoms with Crippen LogP contribution in [0.5, 0.6) is 17.4 Å². The summed E-state index contributed by atoms with van der Waals surface area (Å²) in [7, 11) is 3.06. The minimum Gasteiger partial charge on any atom is -0.493 e. The van der Waals surface area contributed by atoms with E-state index in [9.17, 15) is 4.79 Å². The van der Waals surface area contributed by atoms with Crippen molar-refractivity contribution in [3.63, 3.8) is 0 Å². The second-order valence-electron chi connectivity index (χ2n) is 5.23. The van der Waals surface area contributed by atoms with Gasteiger partial charge in [0.1, 0.15) is 0 Å². The van der Waals surface area contributed by atoms with Gasteiger partial charge in [-0.25, -0.2) is 4.98 Å². The number of aromatic nitrogens is 1. The van der Waals surface area contributed by atoms with Crippen molar-refractivity contribution in [3.05, 3.63) is 46.6 Å². The van der Waals surface area contributed by atoms with Crippen LogP contribution in [-0.4, -0.2) is 31.7 Å². The van der Waals surface area contributed by atoms with Gasteiger partial charge in [0.25, 0.3) is 5.91 Å². The lowest BCUT2D eigenvalue weighted by Gasteiger charge is -2.14. The van der Waals surface area contributed by atoms with Crippen LogP contribution in [0.15, 0.2) is 30.5 Å². The molecule has 134 valence electrons. The minimum atomic E-state index is -0.266. The molecule has 25 heavy (non-hydrogen) atoms. The van der Waals surface area contributed by atoms with E-state index >= 15 is 0 Å². The summed E-state index contributed by atoms with van der Waals surface area (Å²) in [6.07, 6.45) is 2.49. The number of nitrogens with one attached hydrogen (secondary N) is 1. The maximum atomic E-state index is 12.4. The Bertz CT molecular complexity index is 720. The van der Waals surface area contributed by atoms with Crippen molar-refractivity contribution in [2.24, 2.45) is 0 Å². The van der Waals surface area contributed by atoms with E-state index in [1.807, 2.05) is 13.0 Å². The Hall–Kier alpha value is -2.47. The van der Waals surface area contributed by atoms with Crippen molar-refractivity contribution < 1.29 is 19.0 Å². The van der Waals surface area contributed by atoms with Crippen molar-refractivity contribution in [1.82, 2.24) is 10.3 Å². The molecular weight excluding hydrogens is 344 g/mol. The van der Waals surface area contributed by atoms with Crippen LogP contribution in [0, 0.1) is 0 Å². The Morgan fingerprint density at radius 3 is 2.64 bits per heavy atom. The monoisotopic (exact) mass is 364 g/mol. The number of benzene rings is 1. The highest BCUT2D eigenvalue weighted by Gasteiger charge is 2.15. The fourth-order valence-electron chi connectivity index (χ4n) is 2.12. The Labute approximate surface area is 152 Å². The molecule has 0 fully saturated rings. The number of hydrogen-bond acceptors (Lipinski definition) is 5. The standard InChI is InChI=1S/C18H21ClN2O4/c1-4-7-25-17-14(19)8-13(9-15(17)23-2)18(22)21-11-12-5-6-16(24-3)20-10-12/h5-6,8-10H,4,7,11H2,1-3H3,(H,21,22). The first-order chi connectivity index (χ1) is 12.1. The van der Waals surface area contributed by atoms with Gasteiger partial charge in [-0.1, -0.05) is 24.6 Å². The van der Waals surface area contributed by atoms with Crippen LogP contribution in [-0.2, 0) is 6.54 Å². The first kappa shape index (κ1) is 18.9. The van der Waals surface area contributed by atoms with Crippen LogP contribution in [0.1, 0.15) is 29.3 Å². The number of amides is 1. The molecule has 6 nitrogen and oxygen atoms in total. The molecule has 1 aromatic carbocycles. The van der Waals surface area contributed by atoms with Gasteiger partial charge in [-0.3, -0.25) is 4.79 Å². The average Bonchev–Trinajstić information content (AvgIpc) is 2.64. The van der Waals surface area contributed by atoms with Gasteiger partial charge in [0, 0.05) is 24.4 Å². The van der Waals surface area contributed by atoms with Crippen molar-refractivity contribution in [1.29, 1.82) is 0 Å². The zero-order valence-corrected chi connectivity index (χ0v) is 15.2. The van der Waals surface area contributed by atoms with E-state index in [-0.39, 0.29) is 5.91 Å². The highest BCUT2D eigenvalue weighted by Crippen LogP contribution is 2.36. The number of nitrogens with zero attached hydrogens (tertiary/aromatic N) is 1. The van der Waals surface area contributed by atoms with Crippen molar-refractivity contribution in [2.75, 3.05) is 20.8 Å². The van der Waals surface area contributed by atoms with Crippen LogP contribution in [0.3, 0.4) is 0 Å². The molecule has 1 aromatic heterocycles. The van der Waals surface area contributed by atoms with Crippen molar-refractivity contribution in [3.8, 4) is 17.4 Å². The molecule has 0 spiro atoms. The van der Waals surface area contributed by atoms with Gasteiger partial charge < -0.3 is 19.5 Å². The number of hydrogen-bond donors (Lipinski definition) is 1. The molecule has 7 heteroatoms. The predicted molar refractivity (Wildman–Crippen MR) is 95.7 cm³/mol. The molecule has 0 aliphatic carbocycles. The first-order valence-electron chi connectivity index (χ1n) is 7.86. The van der Waals surface area contributed by atoms with Crippen molar-refractivity contribution >= 4 is 17.5 Å². The third-order valence-electron chi connectivity index (χ3n) is 3.40. The number of methoxy groups -OCH3 is 2. The lowest BCUT2D eigenvalue weighted by molar-refractivity contribution is 0.0950. The molecule has 0 aliphatic rings. The summed E-state index contributed by atoms with van der Waals surface area (Å²) >= 11 is 6.23. The van der Waals surface area contributed by atoms with Crippen LogP contribution in [0.25, 0.3) is 0 Å². The van der Waals surface area contributed by atoms with Crippen LogP contribution >= 0.6 is 11.6 Å². The Balaban J connectivity index is 2.08. The van der Waals surface area contributed by atoms with E-state index in [2.05, 4.69) is 10.3 Å². The number of pyridine rings is 1. The number of halogens is 1. The molecule has 0 unspecified atom stereocenters. The lowest BCUT2D eigenvalue weighted by atomic mass is 10.1. The number of carbonyl (C=O) groups is 1. The fraction of sp³-hybridized carbons (Fsp3) is 0.333. The second-order valence-corrected chi connectivity index (χ2v) is 5.64. The maximum absolute atomic E-state index is 12.4. The quantitative estimate of drug-likeness (QED) is 0.776. The Kier molecular flexibility index (Phi) is 6.89. The minimum absolute atomic E-state index is 0.266. The number of rotatable bonds is 8. The van der Waals surface area contributed by atoms with Gasteiger partial charge in [-0.2, -0.15) is 0 Å². The molecule has 0 aliphatic heterocycles. The molecule has 1 N–H and O–H groups in total. The summed E-state index contributed by atoms with van der Waals surface area (Å²) in [5.41, 5.74) is 1.25. The van der Waals surface area contributed by atoms with Gasteiger partial charge in [-0.05, 0) is 24.1 Å². The summed E-state index contributed by atoms with van der Waals surface area (Å²) in [4.78, 5) is 16.5. The zero-order chi connectivity index (χ0) is 18.2. The fourth-order valence-corrected chi connectivity index (χ4v) is 2.38. The molecular formula is C18H21ClN2O4. The Morgan fingerprint density at radius 2 is 2.04 bits per heavy atom. The SMILES string of the molecule is CCCOc1c(Cl)cc(C(=O)NCc2ccc(OC)nc2)cc1OC. The van der Waals surface area contributed by atoms with E-state index in [4.69, 9.17) is 25.8 Å². The summed E-state index contributed by atoms with van der Waals surface area (Å²) in [6.45, 7) is 2.85. The van der Waals surface area contributed by atoms with Gasteiger partial charge in [0.2, 0.25) is 5.88 Å². The number of ether oxygens (including phenoxy) is 3. The third kappa shape index (κ3) is 5.00. The maximum Gasteiger partial charge on any atom is 0.251 e. The molecule has 1 heterocycles. The molecule has 0 radical (unpaired) electrons. The van der Waals surface area contributed by atoms with E-state index < -0.39 is 0 Å². The highest BCUT2D eigenvalue weighted by atomic mass is 35.5. The zero-order valence-electron chi connectivity index (χ0n) is 14.5. The Morgan fingerprint density at radius 1 is 1.24 bits per heavy atom. The summed E-state index contributed by atoms with van der Waals surface area (Å²) in [5, 5.41) is 3.16. The predicted octanol–water partition coefficient (Wildman–Crippen LogP) is 3.47. The van der Waals surface area contributed by atoms with Crippen LogP contribution in [0.2, 0.25) is 5.02 Å². The summed E-state index contributed by atoms with van der Waals surface area (Å²) in [5.74, 6) is 1.13. The smallest absolute Gasteiger partial charge is 0.251 e. The van der Waals surface area contributed by atoms with E-state index in [1.54, 1.807) is 31.5 Å². The molecule has 1 amide bonds. The summed E-state index contributed by atoms with van der Waals surface area (Å²) < 4.78 is 15.9. The second kappa shape index (κ2) is 9.13. The first-order valence-corrected chi connectivity index (χ1v) is 8.24. The van der Waals surface area contributed by atoms with Crippen LogP contribution < -0.4 is 19.5 Å². The van der Waals surface area contributed by atoms with Gasteiger partial charge in [0.15, 0.2) is 11.5 Å². The van der Waals surface area contributed by atoms with Crippen LogP contribution in [0.4, 0.5) is 0 Å². The molecule has 2 rings (SSSR count). The van der Waals surface area contributed by atoms with E-state index in [1.165, 1.54) is 7.11 Å². The molecule has 0 saturated heterocycles. The van der Waals surface area contributed by atoms with Gasteiger partial charge in [-0.15, -0.1) is 0 Å². The van der Waals surface area contributed by atoms with Crippen molar-refractivity contribution in [2.45, 2.75) is 19.9 Å². The molecule has 0 saturated carbocycles. The van der Waals surface area contributed by atoms with Gasteiger partial charge >= 0.3 is 0 Å². The number of carbonyl (C=O) groups excluding carboxylic acids is 1. The topological polar surface area (TPSA) is 69.7 Å². The van der Waals surface area contributed by atoms with Gasteiger partial charge in [0.05, 0.1) is 25.8 Å². The highest BCUT2D eigenvalue weighted by molar-refractivity contribution is 6.32. The summed E-state index contributed by atoms with van der Waals surface area (Å²) in [6, 6.07) is 6.75. The molecule has 0 atom stereocenters. The van der Waals surface area contributed by atoms with E-state index in [0.717, 1.165) is 12.0 Å². The normalized spacial score (nSPS) is 10.2.